The van der Waals surface area contributed by atoms with Gasteiger partial charge in [0.2, 0.25) is 0 Å². The molecule has 0 bridgehead atoms. The highest BCUT2D eigenvalue weighted by Gasteiger charge is 2.13. The Hall–Kier alpha value is -2.10. The van der Waals surface area contributed by atoms with Gasteiger partial charge in [0.05, 0.1) is 11.9 Å². The van der Waals surface area contributed by atoms with Crippen LogP contribution in [0.2, 0.25) is 0 Å². The summed E-state index contributed by atoms with van der Waals surface area (Å²) < 4.78 is 1.57. The molecule has 0 aliphatic carbocycles. The van der Waals surface area contributed by atoms with E-state index in [-0.39, 0.29) is 5.56 Å². The predicted octanol–water partition coefficient (Wildman–Crippen LogP) is 2.48. The van der Waals surface area contributed by atoms with Crippen molar-refractivity contribution in [3.05, 3.63) is 58.5 Å². The minimum absolute atomic E-state index is 0.00691. The fraction of sp³-hybridized carbons (Fsp3) is 0.412. The Bertz CT molecular complexity index is 630. The molecule has 2 heterocycles. The van der Waals surface area contributed by atoms with E-state index in [1.54, 1.807) is 10.7 Å². The Morgan fingerprint density at radius 3 is 2.57 bits per heavy atom. The fourth-order valence-electron chi connectivity index (χ4n) is 2.82. The third-order valence-corrected chi connectivity index (χ3v) is 4.00. The third kappa shape index (κ3) is 3.51. The maximum atomic E-state index is 12.1. The number of nitrogens with zero attached hydrogens (tertiary/aromatic N) is 3. The van der Waals surface area contributed by atoms with Crippen LogP contribution in [0.1, 0.15) is 24.8 Å². The minimum atomic E-state index is 0.00691. The number of aromatic nitrogens is 2. The Labute approximate surface area is 125 Å². The predicted molar refractivity (Wildman–Crippen MR) is 84.7 cm³/mol. The average molecular weight is 283 g/mol. The van der Waals surface area contributed by atoms with Crippen molar-refractivity contribution in [2.75, 3.05) is 18.0 Å². The Morgan fingerprint density at radius 1 is 1.10 bits per heavy atom. The molecule has 21 heavy (non-hydrogen) atoms. The topological polar surface area (TPSA) is 38.1 Å². The van der Waals surface area contributed by atoms with E-state index < -0.39 is 0 Å². The van der Waals surface area contributed by atoms with E-state index in [4.69, 9.17) is 0 Å². The van der Waals surface area contributed by atoms with E-state index in [0.29, 0.717) is 6.54 Å². The van der Waals surface area contributed by atoms with Gasteiger partial charge < -0.3 is 4.90 Å². The van der Waals surface area contributed by atoms with Crippen molar-refractivity contribution in [2.45, 2.75) is 32.2 Å². The average Bonchev–Trinajstić information content (AvgIpc) is 3.04. The first-order chi connectivity index (χ1) is 10.3. The van der Waals surface area contributed by atoms with Crippen molar-refractivity contribution < 1.29 is 0 Å². The zero-order valence-electron chi connectivity index (χ0n) is 12.2. The van der Waals surface area contributed by atoms with Crippen LogP contribution in [0.15, 0.2) is 47.4 Å². The number of hydrogen-bond acceptors (Lipinski definition) is 3. The molecular formula is C17H21N3O. The van der Waals surface area contributed by atoms with Crippen molar-refractivity contribution in [1.82, 2.24) is 9.78 Å². The smallest absolute Gasteiger partial charge is 0.268 e. The SMILES string of the molecule is O=c1cc(N2CCCC2)cnn1CCCc1ccccc1. The van der Waals surface area contributed by atoms with Crippen molar-refractivity contribution in [3.63, 3.8) is 0 Å². The van der Waals surface area contributed by atoms with Gasteiger partial charge in [-0.1, -0.05) is 30.3 Å². The number of hydrogen-bond donors (Lipinski definition) is 0. The highest BCUT2D eigenvalue weighted by atomic mass is 16.1. The molecule has 3 rings (SSSR count). The first kappa shape index (κ1) is 13.9. The molecule has 4 nitrogen and oxygen atoms in total. The number of benzene rings is 1. The Morgan fingerprint density at radius 2 is 1.86 bits per heavy atom. The molecule has 1 aliphatic heterocycles. The van der Waals surface area contributed by atoms with E-state index in [9.17, 15) is 4.79 Å². The van der Waals surface area contributed by atoms with Crippen LogP contribution >= 0.6 is 0 Å². The second-order valence-electron chi connectivity index (χ2n) is 5.56. The molecule has 2 aromatic rings. The third-order valence-electron chi connectivity index (χ3n) is 4.00. The van der Waals surface area contributed by atoms with Crippen LogP contribution in [0, 0.1) is 0 Å². The summed E-state index contributed by atoms with van der Waals surface area (Å²) in [5.74, 6) is 0. The molecule has 1 aromatic heterocycles. The molecule has 0 N–H and O–H groups in total. The van der Waals surface area contributed by atoms with Crippen LogP contribution in [-0.2, 0) is 13.0 Å². The largest absolute Gasteiger partial charge is 0.370 e. The summed E-state index contributed by atoms with van der Waals surface area (Å²) in [6, 6.07) is 12.1. The lowest BCUT2D eigenvalue weighted by Gasteiger charge is -2.17. The van der Waals surface area contributed by atoms with Gasteiger partial charge in [0, 0.05) is 25.7 Å². The van der Waals surface area contributed by atoms with Gasteiger partial charge in [-0.3, -0.25) is 4.79 Å². The van der Waals surface area contributed by atoms with Gasteiger partial charge in [0.25, 0.3) is 5.56 Å². The van der Waals surface area contributed by atoms with Gasteiger partial charge >= 0.3 is 0 Å². The quantitative estimate of drug-likeness (QED) is 0.846. The van der Waals surface area contributed by atoms with Crippen molar-refractivity contribution in [1.29, 1.82) is 0 Å². The van der Waals surface area contributed by atoms with Gasteiger partial charge in [-0.15, -0.1) is 0 Å². The Kier molecular flexibility index (Phi) is 4.34. The standard InChI is InChI=1S/C17H21N3O/c21-17-13-16(19-10-4-5-11-19)14-18-20(17)12-6-9-15-7-2-1-3-8-15/h1-3,7-8,13-14H,4-6,9-12H2. The van der Waals surface area contributed by atoms with E-state index in [2.05, 4.69) is 22.1 Å². The molecule has 1 aromatic carbocycles. The molecule has 0 unspecified atom stereocenters. The molecule has 1 fully saturated rings. The highest BCUT2D eigenvalue weighted by molar-refractivity contribution is 5.43. The molecule has 4 heteroatoms. The summed E-state index contributed by atoms with van der Waals surface area (Å²) in [6.07, 6.45) is 6.15. The lowest BCUT2D eigenvalue weighted by atomic mass is 10.1. The molecule has 110 valence electrons. The van der Waals surface area contributed by atoms with E-state index in [0.717, 1.165) is 31.6 Å². The summed E-state index contributed by atoms with van der Waals surface area (Å²) in [6.45, 7) is 2.76. The van der Waals surface area contributed by atoms with Crippen LogP contribution in [0.25, 0.3) is 0 Å². The zero-order valence-corrected chi connectivity index (χ0v) is 12.2. The van der Waals surface area contributed by atoms with Crippen LogP contribution in [0.5, 0.6) is 0 Å². The second kappa shape index (κ2) is 6.57. The molecule has 0 amide bonds. The summed E-state index contributed by atoms with van der Waals surface area (Å²) in [7, 11) is 0. The lowest BCUT2D eigenvalue weighted by Crippen LogP contribution is -2.26. The van der Waals surface area contributed by atoms with Crippen molar-refractivity contribution in [2.24, 2.45) is 0 Å². The van der Waals surface area contributed by atoms with E-state index >= 15 is 0 Å². The van der Waals surface area contributed by atoms with Gasteiger partial charge in [-0.05, 0) is 31.2 Å². The number of aryl methyl sites for hydroxylation is 2. The minimum Gasteiger partial charge on any atom is -0.370 e. The molecule has 1 aliphatic rings. The summed E-state index contributed by atoms with van der Waals surface area (Å²) in [4.78, 5) is 14.4. The van der Waals surface area contributed by atoms with Crippen LogP contribution in [-0.4, -0.2) is 22.9 Å². The van der Waals surface area contributed by atoms with E-state index in [1.165, 1.54) is 18.4 Å². The highest BCUT2D eigenvalue weighted by Crippen LogP contribution is 2.16. The summed E-state index contributed by atoms with van der Waals surface area (Å²) in [5.41, 5.74) is 2.28. The van der Waals surface area contributed by atoms with Crippen molar-refractivity contribution in [3.8, 4) is 0 Å². The molecule has 0 saturated carbocycles. The van der Waals surface area contributed by atoms with Crippen LogP contribution < -0.4 is 10.5 Å². The Balaban J connectivity index is 1.59. The normalized spacial score (nSPS) is 14.6. The van der Waals surface area contributed by atoms with Gasteiger partial charge in [0.1, 0.15) is 0 Å². The summed E-state index contributed by atoms with van der Waals surface area (Å²) >= 11 is 0. The number of rotatable bonds is 5. The maximum absolute atomic E-state index is 12.1. The molecule has 0 atom stereocenters. The lowest BCUT2D eigenvalue weighted by molar-refractivity contribution is 0.548. The van der Waals surface area contributed by atoms with Gasteiger partial charge in [-0.25, -0.2) is 4.68 Å². The first-order valence-electron chi connectivity index (χ1n) is 7.69. The van der Waals surface area contributed by atoms with E-state index in [1.807, 2.05) is 24.4 Å². The summed E-state index contributed by atoms with van der Waals surface area (Å²) in [5, 5.41) is 4.32. The fourth-order valence-corrected chi connectivity index (χ4v) is 2.82. The van der Waals surface area contributed by atoms with Gasteiger partial charge in [0.15, 0.2) is 0 Å². The second-order valence-corrected chi connectivity index (χ2v) is 5.56. The molecular weight excluding hydrogens is 262 g/mol. The first-order valence-corrected chi connectivity index (χ1v) is 7.69. The molecule has 0 radical (unpaired) electrons. The molecule has 1 saturated heterocycles. The monoisotopic (exact) mass is 283 g/mol. The van der Waals surface area contributed by atoms with Crippen LogP contribution in [0.4, 0.5) is 5.69 Å². The zero-order chi connectivity index (χ0) is 14.5. The van der Waals surface area contributed by atoms with Gasteiger partial charge in [-0.2, -0.15) is 5.10 Å². The van der Waals surface area contributed by atoms with Crippen molar-refractivity contribution >= 4 is 5.69 Å². The maximum Gasteiger partial charge on any atom is 0.268 e. The number of anilines is 1. The molecule has 0 spiro atoms. The van der Waals surface area contributed by atoms with Crippen LogP contribution in [0.3, 0.4) is 0 Å².